The van der Waals surface area contributed by atoms with Crippen molar-refractivity contribution in [3.05, 3.63) is 42.0 Å². The Hall–Kier alpha value is -1.54. The first kappa shape index (κ1) is 12.9. The van der Waals surface area contributed by atoms with Crippen molar-refractivity contribution in [1.29, 1.82) is 0 Å². The smallest absolute Gasteiger partial charge is 0.119 e. The Balaban J connectivity index is 2.36. The molecule has 0 radical (unpaired) electrons. The molecule has 1 N–H and O–H groups in total. The Morgan fingerprint density at radius 1 is 1.22 bits per heavy atom. The van der Waals surface area contributed by atoms with E-state index in [1.165, 1.54) is 16.3 Å². The van der Waals surface area contributed by atoms with Gasteiger partial charge in [-0.15, -0.1) is 0 Å². The van der Waals surface area contributed by atoms with Gasteiger partial charge in [-0.05, 0) is 48.4 Å². The van der Waals surface area contributed by atoms with E-state index in [0.29, 0.717) is 6.04 Å². The Kier molecular flexibility index (Phi) is 4.21. The Morgan fingerprint density at radius 2 is 2.06 bits per heavy atom. The van der Waals surface area contributed by atoms with Gasteiger partial charge in [0.15, 0.2) is 0 Å². The van der Waals surface area contributed by atoms with E-state index in [4.69, 9.17) is 4.74 Å². The SMILES string of the molecule is CCNC(C)Cc1cccc2ccc(OC)cc12. The van der Waals surface area contributed by atoms with Gasteiger partial charge in [-0.2, -0.15) is 0 Å². The summed E-state index contributed by atoms with van der Waals surface area (Å²) in [6, 6.07) is 13.2. The molecule has 2 rings (SSSR count). The van der Waals surface area contributed by atoms with E-state index in [1.807, 2.05) is 6.07 Å². The number of hydrogen-bond acceptors (Lipinski definition) is 2. The fourth-order valence-electron chi connectivity index (χ4n) is 2.37. The summed E-state index contributed by atoms with van der Waals surface area (Å²) in [5.41, 5.74) is 1.37. The molecule has 0 amide bonds. The van der Waals surface area contributed by atoms with Crippen LogP contribution in [-0.4, -0.2) is 19.7 Å². The van der Waals surface area contributed by atoms with E-state index in [9.17, 15) is 0 Å². The second kappa shape index (κ2) is 5.87. The highest BCUT2D eigenvalue weighted by Crippen LogP contribution is 2.24. The summed E-state index contributed by atoms with van der Waals surface area (Å²) in [5.74, 6) is 0.922. The van der Waals surface area contributed by atoms with Crippen LogP contribution in [0.25, 0.3) is 10.8 Å². The van der Waals surface area contributed by atoms with Gasteiger partial charge in [-0.1, -0.05) is 31.2 Å². The molecule has 1 unspecified atom stereocenters. The lowest BCUT2D eigenvalue weighted by Crippen LogP contribution is -2.27. The van der Waals surface area contributed by atoms with Crippen molar-refractivity contribution >= 4 is 10.8 Å². The molecular weight excluding hydrogens is 222 g/mol. The van der Waals surface area contributed by atoms with Gasteiger partial charge in [0.25, 0.3) is 0 Å². The van der Waals surface area contributed by atoms with Crippen LogP contribution in [0.2, 0.25) is 0 Å². The van der Waals surface area contributed by atoms with E-state index >= 15 is 0 Å². The van der Waals surface area contributed by atoms with Crippen molar-refractivity contribution in [3.63, 3.8) is 0 Å². The average Bonchev–Trinajstić information content (AvgIpc) is 2.39. The monoisotopic (exact) mass is 243 g/mol. The molecule has 0 saturated heterocycles. The lowest BCUT2D eigenvalue weighted by atomic mass is 9.99. The highest BCUT2D eigenvalue weighted by Gasteiger charge is 2.06. The molecule has 0 aliphatic heterocycles. The number of benzene rings is 2. The Morgan fingerprint density at radius 3 is 2.78 bits per heavy atom. The molecule has 2 aromatic carbocycles. The zero-order valence-electron chi connectivity index (χ0n) is 11.4. The quantitative estimate of drug-likeness (QED) is 0.869. The summed E-state index contributed by atoms with van der Waals surface area (Å²) in [7, 11) is 1.71. The van der Waals surface area contributed by atoms with Gasteiger partial charge in [0.1, 0.15) is 5.75 Å². The second-order valence-electron chi connectivity index (χ2n) is 4.67. The van der Waals surface area contributed by atoms with E-state index in [0.717, 1.165) is 18.7 Å². The normalized spacial score (nSPS) is 12.6. The van der Waals surface area contributed by atoms with Crippen molar-refractivity contribution in [1.82, 2.24) is 5.32 Å². The third-order valence-electron chi connectivity index (χ3n) is 3.26. The number of likely N-dealkylation sites (N-methyl/N-ethyl adjacent to an activating group) is 1. The minimum Gasteiger partial charge on any atom is -0.497 e. The van der Waals surface area contributed by atoms with Crippen LogP contribution in [0.15, 0.2) is 36.4 Å². The summed E-state index contributed by atoms with van der Waals surface area (Å²) in [6.07, 6.45) is 1.04. The average molecular weight is 243 g/mol. The van der Waals surface area contributed by atoms with Gasteiger partial charge in [-0.25, -0.2) is 0 Å². The standard InChI is InChI=1S/C16H21NO/c1-4-17-12(2)10-14-7-5-6-13-8-9-15(18-3)11-16(13)14/h5-9,11-12,17H,4,10H2,1-3H3. The van der Waals surface area contributed by atoms with Gasteiger partial charge in [-0.3, -0.25) is 0 Å². The molecule has 2 nitrogen and oxygen atoms in total. The summed E-state index contributed by atoms with van der Waals surface area (Å²) in [4.78, 5) is 0. The minimum atomic E-state index is 0.492. The number of hydrogen-bond donors (Lipinski definition) is 1. The van der Waals surface area contributed by atoms with Gasteiger partial charge in [0.2, 0.25) is 0 Å². The van der Waals surface area contributed by atoms with Gasteiger partial charge < -0.3 is 10.1 Å². The third kappa shape index (κ3) is 2.82. The third-order valence-corrected chi connectivity index (χ3v) is 3.26. The number of fused-ring (bicyclic) bond motifs is 1. The maximum absolute atomic E-state index is 5.31. The molecule has 0 aliphatic rings. The van der Waals surface area contributed by atoms with Crippen LogP contribution in [0, 0.1) is 0 Å². The fraction of sp³-hybridized carbons (Fsp3) is 0.375. The maximum atomic E-state index is 5.31. The largest absolute Gasteiger partial charge is 0.497 e. The fourth-order valence-corrected chi connectivity index (χ4v) is 2.37. The number of ether oxygens (including phenoxy) is 1. The first-order valence-corrected chi connectivity index (χ1v) is 6.53. The van der Waals surface area contributed by atoms with Crippen molar-refractivity contribution in [2.45, 2.75) is 26.3 Å². The molecule has 0 heterocycles. The van der Waals surface area contributed by atoms with E-state index in [-0.39, 0.29) is 0 Å². The Bertz CT molecular complexity index is 521. The van der Waals surface area contributed by atoms with Crippen LogP contribution in [-0.2, 0) is 6.42 Å². The molecule has 2 aromatic rings. The molecule has 0 bridgehead atoms. The molecule has 0 aliphatic carbocycles. The maximum Gasteiger partial charge on any atom is 0.119 e. The number of rotatable bonds is 5. The molecule has 0 spiro atoms. The zero-order valence-corrected chi connectivity index (χ0v) is 11.4. The summed E-state index contributed by atoms with van der Waals surface area (Å²) < 4.78 is 5.31. The lowest BCUT2D eigenvalue weighted by Gasteiger charge is -2.14. The van der Waals surface area contributed by atoms with Crippen LogP contribution in [0.5, 0.6) is 5.75 Å². The topological polar surface area (TPSA) is 21.3 Å². The van der Waals surface area contributed by atoms with E-state index in [2.05, 4.69) is 49.5 Å². The molecule has 0 aromatic heterocycles. The van der Waals surface area contributed by atoms with Crippen LogP contribution in [0.3, 0.4) is 0 Å². The second-order valence-corrected chi connectivity index (χ2v) is 4.67. The first-order chi connectivity index (χ1) is 8.74. The highest BCUT2D eigenvalue weighted by atomic mass is 16.5. The van der Waals surface area contributed by atoms with Crippen LogP contribution in [0.4, 0.5) is 0 Å². The van der Waals surface area contributed by atoms with Gasteiger partial charge in [0.05, 0.1) is 7.11 Å². The minimum absolute atomic E-state index is 0.492. The van der Waals surface area contributed by atoms with Crippen LogP contribution >= 0.6 is 0 Å². The van der Waals surface area contributed by atoms with Crippen molar-refractivity contribution in [3.8, 4) is 5.75 Å². The van der Waals surface area contributed by atoms with E-state index in [1.54, 1.807) is 7.11 Å². The van der Waals surface area contributed by atoms with Crippen molar-refractivity contribution in [2.24, 2.45) is 0 Å². The molecule has 0 fully saturated rings. The number of nitrogens with one attached hydrogen (secondary N) is 1. The zero-order chi connectivity index (χ0) is 13.0. The summed E-state index contributed by atoms with van der Waals surface area (Å²) >= 11 is 0. The molecule has 18 heavy (non-hydrogen) atoms. The van der Waals surface area contributed by atoms with Gasteiger partial charge >= 0.3 is 0 Å². The molecule has 0 saturated carbocycles. The summed E-state index contributed by atoms with van der Waals surface area (Å²) in [5, 5.41) is 6.02. The van der Waals surface area contributed by atoms with E-state index < -0.39 is 0 Å². The predicted octanol–water partition coefficient (Wildman–Crippen LogP) is 3.39. The lowest BCUT2D eigenvalue weighted by molar-refractivity contribution is 0.415. The molecule has 96 valence electrons. The predicted molar refractivity (Wildman–Crippen MR) is 77.3 cm³/mol. The van der Waals surface area contributed by atoms with Gasteiger partial charge in [0, 0.05) is 6.04 Å². The molecule has 2 heteroatoms. The highest BCUT2D eigenvalue weighted by molar-refractivity contribution is 5.87. The molecular formula is C16H21NO. The van der Waals surface area contributed by atoms with Crippen molar-refractivity contribution < 1.29 is 4.74 Å². The molecule has 1 atom stereocenters. The van der Waals surface area contributed by atoms with Crippen molar-refractivity contribution in [2.75, 3.05) is 13.7 Å². The van der Waals surface area contributed by atoms with Crippen LogP contribution < -0.4 is 10.1 Å². The first-order valence-electron chi connectivity index (χ1n) is 6.53. The number of methoxy groups -OCH3 is 1. The Labute approximate surface area is 109 Å². The summed E-state index contributed by atoms with van der Waals surface area (Å²) in [6.45, 7) is 5.38. The van der Waals surface area contributed by atoms with Crippen LogP contribution in [0.1, 0.15) is 19.4 Å².